The molecule has 8 heteroatoms. The van der Waals surface area contributed by atoms with Gasteiger partial charge in [0, 0.05) is 30.3 Å². The fourth-order valence-corrected chi connectivity index (χ4v) is 5.86. The SMILES string of the molecule is CCOC(=O)C(NC(=O)c1csc(C2CCN(C(=O)C3CCCCC3)CC2)n1)c1ccccc1. The van der Waals surface area contributed by atoms with Crippen LogP contribution < -0.4 is 5.32 Å². The van der Waals surface area contributed by atoms with Gasteiger partial charge in [0.05, 0.1) is 11.6 Å². The molecule has 4 rings (SSSR count). The fourth-order valence-electron chi connectivity index (χ4n) is 4.89. The first-order chi connectivity index (χ1) is 16.6. The summed E-state index contributed by atoms with van der Waals surface area (Å²) in [5.41, 5.74) is 0.977. The Morgan fingerprint density at radius 3 is 2.47 bits per heavy atom. The molecule has 1 atom stereocenters. The van der Waals surface area contributed by atoms with E-state index in [1.807, 2.05) is 23.1 Å². The Bertz CT molecular complexity index is 979. The normalized spacial score (nSPS) is 18.3. The quantitative estimate of drug-likeness (QED) is 0.587. The molecule has 0 radical (unpaired) electrons. The molecule has 1 aromatic heterocycles. The van der Waals surface area contributed by atoms with Crippen molar-refractivity contribution in [3.05, 3.63) is 52.0 Å². The molecule has 34 heavy (non-hydrogen) atoms. The summed E-state index contributed by atoms with van der Waals surface area (Å²) < 4.78 is 5.17. The van der Waals surface area contributed by atoms with Crippen LogP contribution in [0.1, 0.15) is 84.9 Å². The predicted molar refractivity (Wildman–Crippen MR) is 131 cm³/mol. The molecule has 182 valence electrons. The van der Waals surface area contributed by atoms with Gasteiger partial charge in [0.25, 0.3) is 5.91 Å². The van der Waals surface area contributed by atoms with E-state index in [1.165, 1.54) is 17.8 Å². The summed E-state index contributed by atoms with van der Waals surface area (Å²) in [6.45, 7) is 3.48. The number of benzene rings is 1. The topological polar surface area (TPSA) is 88.6 Å². The first-order valence-electron chi connectivity index (χ1n) is 12.3. The summed E-state index contributed by atoms with van der Waals surface area (Å²) in [7, 11) is 0. The Labute approximate surface area is 204 Å². The number of aromatic nitrogens is 1. The molecule has 0 bridgehead atoms. The minimum Gasteiger partial charge on any atom is -0.464 e. The summed E-state index contributed by atoms with van der Waals surface area (Å²) >= 11 is 1.47. The van der Waals surface area contributed by atoms with E-state index in [9.17, 15) is 14.4 Å². The number of carbonyl (C=O) groups is 3. The van der Waals surface area contributed by atoms with E-state index >= 15 is 0 Å². The maximum Gasteiger partial charge on any atom is 0.333 e. The number of likely N-dealkylation sites (tertiary alicyclic amines) is 1. The number of carbonyl (C=O) groups excluding carboxylic acids is 3. The lowest BCUT2D eigenvalue weighted by atomic mass is 9.87. The number of amides is 2. The van der Waals surface area contributed by atoms with Gasteiger partial charge in [0.15, 0.2) is 6.04 Å². The molecule has 1 aliphatic carbocycles. The van der Waals surface area contributed by atoms with Gasteiger partial charge in [-0.25, -0.2) is 9.78 Å². The fraction of sp³-hybridized carbons (Fsp3) is 0.538. The third-order valence-corrected chi connectivity index (χ3v) is 7.80. The van der Waals surface area contributed by atoms with Crippen LogP contribution in [0.25, 0.3) is 0 Å². The van der Waals surface area contributed by atoms with Crippen molar-refractivity contribution in [3.63, 3.8) is 0 Å². The zero-order valence-electron chi connectivity index (χ0n) is 19.7. The molecule has 1 aromatic carbocycles. The van der Waals surface area contributed by atoms with Gasteiger partial charge in [-0.3, -0.25) is 9.59 Å². The first-order valence-corrected chi connectivity index (χ1v) is 13.2. The van der Waals surface area contributed by atoms with Crippen molar-refractivity contribution in [2.24, 2.45) is 5.92 Å². The molecule has 1 unspecified atom stereocenters. The summed E-state index contributed by atoms with van der Waals surface area (Å²) in [6.07, 6.45) is 7.36. The number of nitrogens with one attached hydrogen (secondary N) is 1. The van der Waals surface area contributed by atoms with Crippen molar-refractivity contribution in [3.8, 4) is 0 Å². The number of piperidine rings is 1. The van der Waals surface area contributed by atoms with Crippen LogP contribution in [0.2, 0.25) is 0 Å². The van der Waals surface area contributed by atoms with Crippen molar-refractivity contribution >= 4 is 29.1 Å². The van der Waals surface area contributed by atoms with Crippen LogP contribution in [0.3, 0.4) is 0 Å². The van der Waals surface area contributed by atoms with Crippen LogP contribution in [0, 0.1) is 5.92 Å². The first kappa shape index (κ1) is 24.4. The molecule has 2 amide bonds. The van der Waals surface area contributed by atoms with E-state index in [4.69, 9.17) is 4.74 Å². The second-order valence-electron chi connectivity index (χ2n) is 9.07. The number of hydrogen-bond acceptors (Lipinski definition) is 6. The average Bonchev–Trinajstić information content (AvgIpc) is 3.38. The van der Waals surface area contributed by atoms with Crippen LogP contribution in [0.15, 0.2) is 35.7 Å². The van der Waals surface area contributed by atoms with Crippen LogP contribution >= 0.6 is 11.3 Å². The number of nitrogens with zero attached hydrogens (tertiary/aromatic N) is 2. The van der Waals surface area contributed by atoms with E-state index in [1.54, 1.807) is 24.4 Å². The number of ether oxygens (including phenoxy) is 1. The van der Waals surface area contributed by atoms with E-state index in [-0.39, 0.29) is 18.4 Å². The largest absolute Gasteiger partial charge is 0.464 e. The van der Waals surface area contributed by atoms with Crippen molar-refractivity contribution in [1.29, 1.82) is 0 Å². The molecule has 0 spiro atoms. The molecule has 1 saturated carbocycles. The molecule has 1 aliphatic heterocycles. The number of thiazole rings is 1. The third-order valence-electron chi connectivity index (χ3n) is 6.80. The lowest BCUT2D eigenvalue weighted by Gasteiger charge is -2.34. The Kier molecular flexibility index (Phi) is 8.32. The number of hydrogen-bond donors (Lipinski definition) is 1. The Morgan fingerprint density at radius 1 is 1.09 bits per heavy atom. The molecular formula is C26H33N3O4S. The van der Waals surface area contributed by atoms with E-state index in [0.717, 1.165) is 56.6 Å². The zero-order chi connectivity index (χ0) is 23.9. The van der Waals surface area contributed by atoms with E-state index in [2.05, 4.69) is 10.3 Å². The maximum atomic E-state index is 12.9. The highest BCUT2D eigenvalue weighted by atomic mass is 32.1. The summed E-state index contributed by atoms with van der Waals surface area (Å²) in [5.74, 6) is -0.112. The van der Waals surface area contributed by atoms with Crippen molar-refractivity contribution < 1.29 is 19.1 Å². The van der Waals surface area contributed by atoms with Gasteiger partial charge in [-0.1, -0.05) is 49.6 Å². The second-order valence-corrected chi connectivity index (χ2v) is 9.96. The Morgan fingerprint density at radius 2 is 1.79 bits per heavy atom. The molecular weight excluding hydrogens is 450 g/mol. The van der Waals surface area contributed by atoms with Gasteiger partial charge in [-0.15, -0.1) is 11.3 Å². The molecule has 2 aliphatic rings. The minimum absolute atomic E-state index is 0.206. The molecule has 1 N–H and O–H groups in total. The lowest BCUT2D eigenvalue weighted by Crippen LogP contribution is -2.41. The smallest absolute Gasteiger partial charge is 0.333 e. The average molecular weight is 484 g/mol. The van der Waals surface area contributed by atoms with Gasteiger partial charge in [0.1, 0.15) is 5.69 Å². The highest BCUT2D eigenvalue weighted by molar-refractivity contribution is 7.09. The zero-order valence-corrected chi connectivity index (χ0v) is 20.5. The second kappa shape index (κ2) is 11.6. The minimum atomic E-state index is -0.882. The van der Waals surface area contributed by atoms with Gasteiger partial charge < -0.3 is 15.0 Å². The molecule has 7 nitrogen and oxygen atoms in total. The molecule has 2 aromatic rings. The highest BCUT2D eigenvalue weighted by Gasteiger charge is 2.31. The summed E-state index contributed by atoms with van der Waals surface area (Å²) in [4.78, 5) is 44.9. The predicted octanol–water partition coefficient (Wildman–Crippen LogP) is 4.46. The van der Waals surface area contributed by atoms with Crippen molar-refractivity contribution in [1.82, 2.24) is 15.2 Å². The van der Waals surface area contributed by atoms with Gasteiger partial charge in [-0.2, -0.15) is 0 Å². The lowest BCUT2D eigenvalue weighted by molar-refractivity contribution is -0.145. The van der Waals surface area contributed by atoms with E-state index < -0.39 is 17.9 Å². The van der Waals surface area contributed by atoms with E-state index in [0.29, 0.717) is 17.2 Å². The van der Waals surface area contributed by atoms with Gasteiger partial charge in [-0.05, 0) is 38.2 Å². The molecule has 2 heterocycles. The Balaban J connectivity index is 1.35. The van der Waals surface area contributed by atoms with Crippen molar-refractivity contribution in [2.75, 3.05) is 19.7 Å². The standard InChI is InChI=1S/C26H33N3O4S/c1-2-33-26(32)22(18-9-5-3-6-10-18)28-23(30)21-17-34-24(27-21)19-13-15-29(16-14-19)25(31)20-11-7-4-8-12-20/h3,5-6,9-10,17,19-20,22H,2,4,7-8,11-16H2,1H3,(H,28,30). The van der Waals surface area contributed by atoms with Gasteiger partial charge in [0.2, 0.25) is 5.91 Å². The number of rotatable bonds is 7. The Hall–Kier alpha value is -2.74. The highest BCUT2D eigenvalue weighted by Crippen LogP contribution is 2.33. The van der Waals surface area contributed by atoms with Crippen molar-refractivity contribution in [2.45, 2.75) is 63.8 Å². The van der Waals surface area contributed by atoms with Crippen LogP contribution in [-0.4, -0.2) is 47.4 Å². The maximum absolute atomic E-state index is 12.9. The monoisotopic (exact) mass is 483 g/mol. The van der Waals surface area contributed by atoms with Crippen LogP contribution in [0.5, 0.6) is 0 Å². The number of esters is 1. The summed E-state index contributed by atoms with van der Waals surface area (Å²) in [5, 5.41) is 5.45. The van der Waals surface area contributed by atoms with Crippen LogP contribution in [0.4, 0.5) is 0 Å². The van der Waals surface area contributed by atoms with Crippen LogP contribution in [-0.2, 0) is 14.3 Å². The molecule has 2 fully saturated rings. The van der Waals surface area contributed by atoms with Gasteiger partial charge >= 0.3 is 5.97 Å². The molecule has 1 saturated heterocycles. The third kappa shape index (κ3) is 5.84. The summed E-state index contributed by atoms with van der Waals surface area (Å²) in [6, 6.07) is 8.19.